The second-order valence-electron chi connectivity index (χ2n) is 7.90. The molecule has 0 aliphatic carbocycles. The molecule has 1 fully saturated rings. The number of aromatic nitrogens is 4. The Morgan fingerprint density at radius 3 is 2.72 bits per heavy atom. The molecule has 2 aliphatic rings. The van der Waals surface area contributed by atoms with Crippen LogP contribution in [0.2, 0.25) is 0 Å². The van der Waals surface area contributed by atoms with Crippen LogP contribution in [0.15, 0.2) is 18.5 Å². The Hall–Kier alpha value is -3.21. The van der Waals surface area contributed by atoms with Crippen molar-refractivity contribution < 1.29 is 24.6 Å². The largest absolute Gasteiger partial charge is 0.483 e. The zero-order valence-electron chi connectivity index (χ0n) is 18.3. The second-order valence-corrected chi connectivity index (χ2v) is 7.90. The van der Waals surface area contributed by atoms with E-state index in [0.29, 0.717) is 51.1 Å². The first-order chi connectivity index (χ1) is 15.5. The van der Waals surface area contributed by atoms with Crippen molar-refractivity contribution in [2.24, 2.45) is 7.05 Å². The van der Waals surface area contributed by atoms with E-state index in [9.17, 15) is 14.7 Å². The molecule has 2 amide bonds. The summed E-state index contributed by atoms with van der Waals surface area (Å²) in [6.07, 6.45) is 7.07. The fourth-order valence-corrected chi connectivity index (χ4v) is 4.25. The highest BCUT2D eigenvalue weighted by atomic mass is 16.3. The SMILES string of the molecule is Cn1nccc1CCC(=O)N1CCc2nc(C(=O)N3CCCC3CO)cn2CC1.O=CO. The number of likely N-dealkylation sites (tertiary alicyclic amines) is 1. The van der Waals surface area contributed by atoms with Crippen molar-refractivity contribution in [3.05, 3.63) is 35.7 Å². The lowest BCUT2D eigenvalue weighted by atomic mass is 10.2. The number of aliphatic hydroxyl groups is 1. The summed E-state index contributed by atoms with van der Waals surface area (Å²) in [7, 11) is 1.88. The molecule has 2 aromatic rings. The predicted octanol–water partition coefficient (Wildman–Crippen LogP) is -0.0682. The number of aryl methyl sites for hydroxylation is 2. The Balaban J connectivity index is 0.000000913. The number of carboxylic acid groups (broad SMARTS) is 1. The lowest BCUT2D eigenvalue weighted by molar-refractivity contribution is -0.131. The first kappa shape index (κ1) is 23.5. The van der Waals surface area contributed by atoms with Gasteiger partial charge in [-0.1, -0.05) is 0 Å². The van der Waals surface area contributed by atoms with E-state index in [1.807, 2.05) is 22.6 Å². The van der Waals surface area contributed by atoms with Crippen LogP contribution in [0, 0.1) is 0 Å². The number of carbonyl (C=O) groups excluding carboxylic acids is 2. The van der Waals surface area contributed by atoms with Crippen LogP contribution in [0.5, 0.6) is 0 Å². The van der Waals surface area contributed by atoms with E-state index < -0.39 is 0 Å². The van der Waals surface area contributed by atoms with E-state index in [2.05, 4.69) is 10.1 Å². The van der Waals surface area contributed by atoms with E-state index in [0.717, 1.165) is 24.4 Å². The van der Waals surface area contributed by atoms with Crippen LogP contribution in [0.1, 0.15) is 41.3 Å². The van der Waals surface area contributed by atoms with Gasteiger partial charge in [-0.25, -0.2) is 4.98 Å². The van der Waals surface area contributed by atoms with Gasteiger partial charge in [-0.05, 0) is 25.3 Å². The normalized spacial score (nSPS) is 17.9. The molecule has 32 heavy (non-hydrogen) atoms. The van der Waals surface area contributed by atoms with E-state index >= 15 is 0 Å². The van der Waals surface area contributed by atoms with Crippen LogP contribution in [0.25, 0.3) is 0 Å². The molecule has 2 aliphatic heterocycles. The van der Waals surface area contributed by atoms with Gasteiger partial charge >= 0.3 is 0 Å². The number of hydrogen-bond acceptors (Lipinski definition) is 6. The summed E-state index contributed by atoms with van der Waals surface area (Å²) in [5.41, 5.74) is 1.49. The van der Waals surface area contributed by atoms with Crippen molar-refractivity contribution in [2.75, 3.05) is 26.2 Å². The molecule has 0 bridgehead atoms. The fraction of sp³-hybridized carbons (Fsp3) is 0.571. The summed E-state index contributed by atoms with van der Waals surface area (Å²) >= 11 is 0. The van der Waals surface area contributed by atoms with Gasteiger partial charge in [0.25, 0.3) is 12.4 Å². The first-order valence-electron chi connectivity index (χ1n) is 10.8. The quantitative estimate of drug-likeness (QED) is 0.614. The summed E-state index contributed by atoms with van der Waals surface area (Å²) in [5.74, 6) is 0.873. The van der Waals surface area contributed by atoms with Crippen LogP contribution < -0.4 is 0 Å². The van der Waals surface area contributed by atoms with Gasteiger partial charge in [0.15, 0.2) is 0 Å². The minimum atomic E-state index is -0.250. The number of carbonyl (C=O) groups is 3. The molecule has 0 spiro atoms. The van der Waals surface area contributed by atoms with Gasteiger partial charge in [-0.15, -0.1) is 0 Å². The molecule has 1 unspecified atom stereocenters. The van der Waals surface area contributed by atoms with Gasteiger partial charge in [0.2, 0.25) is 5.91 Å². The third-order valence-electron chi connectivity index (χ3n) is 6.01. The summed E-state index contributed by atoms with van der Waals surface area (Å²) in [4.78, 5) is 41.9. The van der Waals surface area contributed by atoms with Crippen LogP contribution >= 0.6 is 0 Å². The van der Waals surface area contributed by atoms with E-state index in [-0.39, 0.29) is 30.9 Å². The molecule has 1 atom stereocenters. The molecule has 11 nitrogen and oxygen atoms in total. The summed E-state index contributed by atoms with van der Waals surface area (Å²) in [6.45, 7) is 2.28. The van der Waals surface area contributed by atoms with Crippen molar-refractivity contribution in [2.45, 2.75) is 44.7 Å². The number of aliphatic hydroxyl groups excluding tert-OH is 1. The molecular formula is C21H30N6O5. The van der Waals surface area contributed by atoms with Crippen molar-refractivity contribution in [3.8, 4) is 0 Å². The minimum Gasteiger partial charge on any atom is -0.483 e. The fourth-order valence-electron chi connectivity index (χ4n) is 4.25. The number of imidazole rings is 1. The van der Waals surface area contributed by atoms with Crippen molar-refractivity contribution in [1.29, 1.82) is 0 Å². The van der Waals surface area contributed by atoms with Crippen molar-refractivity contribution in [1.82, 2.24) is 29.1 Å². The van der Waals surface area contributed by atoms with E-state index in [4.69, 9.17) is 9.90 Å². The maximum atomic E-state index is 12.8. The van der Waals surface area contributed by atoms with Crippen molar-refractivity contribution >= 4 is 18.3 Å². The Morgan fingerprint density at radius 2 is 2.03 bits per heavy atom. The van der Waals surface area contributed by atoms with Crippen LogP contribution in [0.3, 0.4) is 0 Å². The number of rotatable bonds is 5. The molecule has 0 radical (unpaired) electrons. The van der Waals surface area contributed by atoms with Gasteiger partial charge in [-0.3, -0.25) is 19.1 Å². The van der Waals surface area contributed by atoms with Gasteiger partial charge in [0.1, 0.15) is 11.5 Å². The van der Waals surface area contributed by atoms with Gasteiger partial charge in [-0.2, -0.15) is 5.10 Å². The molecular weight excluding hydrogens is 416 g/mol. The monoisotopic (exact) mass is 446 g/mol. The highest BCUT2D eigenvalue weighted by Crippen LogP contribution is 2.20. The highest BCUT2D eigenvalue weighted by molar-refractivity contribution is 5.92. The van der Waals surface area contributed by atoms with Gasteiger partial charge < -0.3 is 24.6 Å². The van der Waals surface area contributed by atoms with E-state index in [1.54, 1.807) is 22.0 Å². The maximum absolute atomic E-state index is 12.8. The molecule has 2 aromatic heterocycles. The molecule has 1 saturated heterocycles. The molecule has 174 valence electrons. The predicted molar refractivity (Wildman–Crippen MR) is 114 cm³/mol. The third kappa shape index (κ3) is 5.34. The first-order valence-corrected chi connectivity index (χ1v) is 10.8. The molecule has 2 N–H and O–H groups in total. The standard InChI is InChI=1S/C20H28N6O3.CH2O2/c1-23-15(6-8-21-23)4-5-19(28)24-10-7-18-22-17(13-25(18)12-11-24)20(29)26-9-2-3-16(26)14-27;2-1-3/h6,8,13,16,27H,2-5,7,9-12,14H2,1H3;1H,(H,2,3). The minimum absolute atomic E-state index is 0.00477. The number of hydrogen-bond donors (Lipinski definition) is 2. The van der Waals surface area contributed by atoms with Crippen LogP contribution in [0.4, 0.5) is 0 Å². The summed E-state index contributed by atoms with van der Waals surface area (Å²) in [5, 5.41) is 20.5. The van der Waals surface area contributed by atoms with Crippen molar-refractivity contribution in [3.63, 3.8) is 0 Å². The average Bonchev–Trinajstić information content (AvgIpc) is 3.49. The summed E-state index contributed by atoms with van der Waals surface area (Å²) in [6, 6.07) is 1.84. The van der Waals surface area contributed by atoms with Gasteiger partial charge in [0, 0.05) is 64.2 Å². The molecule has 11 heteroatoms. The average molecular weight is 447 g/mol. The van der Waals surface area contributed by atoms with E-state index in [1.165, 1.54) is 0 Å². The molecule has 4 rings (SSSR count). The Morgan fingerprint density at radius 1 is 1.25 bits per heavy atom. The Kier molecular flexibility index (Phi) is 7.98. The lowest BCUT2D eigenvalue weighted by Crippen LogP contribution is -2.38. The summed E-state index contributed by atoms with van der Waals surface area (Å²) < 4.78 is 3.79. The number of nitrogens with zero attached hydrogens (tertiary/aromatic N) is 6. The smallest absolute Gasteiger partial charge is 0.290 e. The highest BCUT2D eigenvalue weighted by Gasteiger charge is 2.31. The maximum Gasteiger partial charge on any atom is 0.290 e. The van der Waals surface area contributed by atoms with Gasteiger partial charge in [0.05, 0.1) is 12.6 Å². The molecule has 4 heterocycles. The second kappa shape index (κ2) is 10.9. The lowest BCUT2D eigenvalue weighted by Gasteiger charge is -2.22. The van der Waals surface area contributed by atoms with Crippen LogP contribution in [-0.4, -0.2) is 89.9 Å². The Labute approximate surface area is 186 Å². The third-order valence-corrected chi connectivity index (χ3v) is 6.01. The number of amides is 2. The topological polar surface area (TPSA) is 134 Å². The zero-order valence-corrected chi connectivity index (χ0v) is 18.3. The zero-order chi connectivity index (χ0) is 23.1. The number of fused-ring (bicyclic) bond motifs is 1. The van der Waals surface area contributed by atoms with Crippen LogP contribution in [-0.2, 0) is 36.0 Å². The Bertz CT molecular complexity index is 914. The molecule has 0 aromatic carbocycles. The molecule has 0 saturated carbocycles.